The van der Waals surface area contributed by atoms with E-state index in [1.807, 2.05) is 29.8 Å². The normalized spacial score (nSPS) is 10.6. The summed E-state index contributed by atoms with van der Waals surface area (Å²) in [6.07, 6.45) is 0. The highest BCUT2D eigenvalue weighted by molar-refractivity contribution is 14.0. The van der Waals surface area contributed by atoms with Crippen LogP contribution in [0.4, 0.5) is 4.39 Å². The second kappa shape index (κ2) is 10.2. The van der Waals surface area contributed by atoms with Gasteiger partial charge in [-0.2, -0.15) is 16.6 Å². The molecule has 0 bridgehead atoms. The lowest BCUT2D eigenvalue weighted by Crippen LogP contribution is -2.37. The molecule has 1 aromatic heterocycles. The van der Waals surface area contributed by atoms with E-state index in [1.54, 1.807) is 23.5 Å². The smallest absolute Gasteiger partial charge is 0.191 e. The van der Waals surface area contributed by atoms with Gasteiger partial charge < -0.3 is 10.6 Å². The number of hydrogen-bond donors (Lipinski definition) is 2. The van der Waals surface area contributed by atoms with Crippen molar-refractivity contribution >= 4 is 41.3 Å². The van der Waals surface area contributed by atoms with Crippen molar-refractivity contribution in [2.75, 3.05) is 6.54 Å². The van der Waals surface area contributed by atoms with Crippen molar-refractivity contribution in [3.63, 3.8) is 0 Å². The molecule has 0 amide bonds. The summed E-state index contributed by atoms with van der Waals surface area (Å²) in [4.78, 5) is 4.46. The number of thiophene rings is 1. The van der Waals surface area contributed by atoms with Crippen LogP contribution in [0.2, 0.25) is 0 Å². The van der Waals surface area contributed by atoms with Crippen LogP contribution in [-0.2, 0) is 13.1 Å². The van der Waals surface area contributed by atoms with E-state index in [9.17, 15) is 4.39 Å². The topological polar surface area (TPSA) is 60.2 Å². The molecule has 23 heavy (non-hydrogen) atoms. The zero-order valence-corrected chi connectivity index (χ0v) is 15.8. The highest BCUT2D eigenvalue weighted by atomic mass is 127. The molecule has 1 aromatic carbocycles. The van der Waals surface area contributed by atoms with Gasteiger partial charge in [-0.15, -0.1) is 24.0 Å². The van der Waals surface area contributed by atoms with Gasteiger partial charge in [0.2, 0.25) is 0 Å². The first-order valence-corrected chi connectivity index (χ1v) is 7.89. The number of guanidine groups is 1. The summed E-state index contributed by atoms with van der Waals surface area (Å²) in [5.41, 5.74) is 1.96. The first-order chi connectivity index (χ1) is 10.7. The van der Waals surface area contributed by atoms with E-state index < -0.39 is 0 Å². The number of benzene rings is 1. The van der Waals surface area contributed by atoms with Crippen molar-refractivity contribution in [3.8, 4) is 6.07 Å². The fraction of sp³-hybridized carbons (Fsp3) is 0.250. The van der Waals surface area contributed by atoms with Gasteiger partial charge in [-0.05, 0) is 41.4 Å². The number of rotatable bonds is 5. The average molecular weight is 444 g/mol. The first-order valence-electron chi connectivity index (χ1n) is 6.94. The van der Waals surface area contributed by atoms with Gasteiger partial charge in [0.05, 0.1) is 18.2 Å². The van der Waals surface area contributed by atoms with Gasteiger partial charge in [0.1, 0.15) is 5.82 Å². The highest BCUT2D eigenvalue weighted by Crippen LogP contribution is 2.10. The molecular weight excluding hydrogens is 426 g/mol. The van der Waals surface area contributed by atoms with Gasteiger partial charge in [0, 0.05) is 18.7 Å². The predicted octanol–water partition coefficient (Wildman–Crippen LogP) is 3.63. The third-order valence-corrected chi connectivity index (χ3v) is 3.70. The van der Waals surface area contributed by atoms with Crippen molar-refractivity contribution in [3.05, 3.63) is 57.5 Å². The lowest BCUT2D eigenvalue weighted by molar-refractivity contribution is 0.604. The van der Waals surface area contributed by atoms with Crippen LogP contribution in [0.15, 0.2) is 40.0 Å². The Labute approximate surface area is 156 Å². The molecular formula is C16H18FIN4S. The van der Waals surface area contributed by atoms with E-state index in [0.717, 1.165) is 12.1 Å². The molecule has 0 fully saturated rings. The minimum absolute atomic E-state index is 0. The summed E-state index contributed by atoms with van der Waals surface area (Å²) < 4.78 is 13.8. The lowest BCUT2D eigenvalue weighted by atomic mass is 10.1. The maximum atomic E-state index is 13.8. The SMILES string of the molecule is CCNC(=NCc1ccsc1)NCc1ccc(C#N)cc1F.I. The van der Waals surface area contributed by atoms with Crippen LogP contribution in [0.25, 0.3) is 0 Å². The summed E-state index contributed by atoms with van der Waals surface area (Å²) >= 11 is 1.63. The summed E-state index contributed by atoms with van der Waals surface area (Å²) in [6, 6.07) is 8.41. The predicted molar refractivity (Wildman–Crippen MR) is 103 cm³/mol. The quantitative estimate of drug-likeness (QED) is 0.421. The number of hydrogen-bond acceptors (Lipinski definition) is 3. The Bertz CT molecular complexity index is 680. The fourth-order valence-corrected chi connectivity index (χ4v) is 2.49. The molecule has 0 spiro atoms. The Morgan fingerprint density at radius 3 is 2.78 bits per heavy atom. The molecule has 0 unspecified atom stereocenters. The number of aliphatic imine (C=N–C) groups is 1. The van der Waals surface area contributed by atoms with Gasteiger partial charge in [-0.25, -0.2) is 9.38 Å². The molecule has 0 aliphatic rings. The van der Waals surface area contributed by atoms with E-state index in [1.165, 1.54) is 6.07 Å². The average Bonchev–Trinajstić information content (AvgIpc) is 3.04. The van der Waals surface area contributed by atoms with Crippen molar-refractivity contribution in [1.29, 1.82) is 5.26 Å². The largest absolute Gasteiger partial charge is 0.357 e. The van der Waals surface area contributed by atoms with E-state index in [2.05, 4.69) is 15.6 Å². The molecule has 0 saturated heterocycles. The van der Waals surface area contributed by atoms with Crippen LogP contribution in [0, 0.1) is 17.1 Å². The van der Waals surface area contributed by atoms with Crippen LogP contribution < -0.4 is 10.6 Å². The van der Waals surface area contributed by atoms with E-state index in [0.29, 0.717) is 30.2 Å². The fourth-order valence-electron chi connectivity index (χ4n) is 1.83. The van der Waals surface area contributed by atoms with Gasteiger partial charge in [-0.1, -0.05) is 6.07 Å². The van der Waals surface area contributed by atoms with E-state index in [-0.39, 0.29) is 29.8 Å². The molecule has 0 atom stereocenters. The van der Waals surface area contributed by atoms with Crippen LogP contribution in [0.5, 0.6) is 0 Å². The molecule has 1 heterocycles. The summed E-state index contributed by atoms with van der Waals surface area (Å²) in [6.45, 7) is 3.59. The van der Waals surface area contributed by atoms with Gasteiger partial charge in [0.25, 0.3) is 0 Å². The molecule has 2 N–H and O–H groups in total. The second-order valence-corrected chi connectivity index (χ2v) is 5.38. The third kappa shape index (κ3) is 6.15. The summed E-state index contributed by atoms with van der Waals surface area (Å²) in [7, 11) is 0. The monoisotopic (exact) mass is 444 g/mol. The van der Waals surface area contributed by atoms with Crippen LogP contribution in [0.3, 0.4) is 0 Å². The van der Waals surface area contributed by atoms with Gasteiger partial charge in [-0.3, -0.25) is 0 Å². The Balaban J connectivity index is 0.00000264. The third-order valence-electron chi connectivity index (χ3n) is 2.97. The molecule has 2 aromatic rings. The van der Waals surface area contributed by atoms with Crippen molar-refractivity contribution in [1.82, 2.24) is 10.6 Å². The Hall–Kier alpha value is -1.66. The van der Waals surface area contributed by atoms with Gasteiger partial charge in [0.15, 0.2) is 5.96 Å². The molecule has 0 radical (unpaired) electrons. The molecule has 2 rings (SSSR count). The molecule has 7 heteroatoms. The van der Waals surface area contributed by atoms with Crippen molar-refractivity contribution in [2.45, 2.75) is 20.0 Å². The first kappa shape index (κ1) is 19.4. The lowest BCUT2D eigenvalue weighted by Gasteiger charge is -2.11. The van der Waals surface area contributed by atoms with Crippen molar-refractivity contribution in [2.24, 2.45) is 4.99 Å². The standard InChI is InChI=1S/C16H17FN4S.HI/c1-2-19-16(20-9-13-5-6-22-11-13)21-10-14-4-3-12(8-18)7-15(14)17;/h3-7,11H,2,9-10H2,1H3,(H2,19,20,21);1H. The maximum absolute atomic E-state index is 13.8. The minimum atomic E-state index is -0.389. The Morgan fingerprint density at radius 1 is 1.35 bits per heavy atom. The molecule has 0 saturated carbocycles. The summed E-state index contributed by atoms with van der Waals surface area (Å²) in [5.74, 6) is 0.248. The highest BCUT2D eigenvalue weighted by Gasteiger charge is 2.05. The van der Waals surface area contributed by atoms with E-state index >= 15 is 0 Å². The zero-order chi connectivity index (χ0) is 15.8. The number of halogens is 2. The number of nitrogens with zero attached hydrogens (tertiary/aromatic N) is 2. The molecule has 122 valence electrons. The number of nitrogens with one attached hydrogen (secondary N) is 2. The maximum Gasteiger partial charge on any atom is 0.191 e. The minimum Gasteiger partial charge on any atom is -0.357 e. The Morgan fingerprint density at radius 2 is 2.17 bits per heavy atom. The second-order valence-electron chi connectivity index (χ2n) is 4.60. The number of nitriles is 1. The van der Waals surface area contributed by atoms with Crippen LogP contribution in [-0.4, -0.2) is 12.5 Å². The molecule has 0 aliphatic carbocycles. The van der Waals surface area contributed by atoms with Crippen molar-refractivity contribution < 1.29 is 4.39 Å². The van der Waals surface area contributed by atoms with Crippen LogP contribution >= 0.6 is 35.3 Å². The Kier molecular flexibility index (Phi) is 8.58. The van der Waals surface area contributed by atoms with E-state index in [4.69, 9.17) is 5.26 Å². The summed E-state index contributed by atoms with van der Waals surface area (Å²) in [5, 5.41) is 19.0. The van der Waals surface area contributed by atoms with Crippen LogP contribution in [0.1, 0.15) is 23.6 Å². The zero-order valence-electron chi connectivity index (χ0n) is 12.7. The molecule has 4 nitrogen and oxygen atoms in total. The molecule has 0 aliphatic heterocycles. The van der Waals surface area contributed by atoms with Gasteiger partial charge >= 0.3 is 0 Å².